The number of fused-ring (bicyclic) bond motifs is 3. The lowest BCUT2D eigenvalue weighted by Gasteiger charge is -2.19. The van der Waals surface area contributed by atoms with Crippen LogP contribution in [0, 0.1) is 0 Å². The molecule has 92 valence electrons. The van der Waals surface area contributed by atoms with Gasteiger partial charge in [0.1, 0.15) is 13.2 Å². The number of anilines is 1. The van der Waals surface area contributed by atoms with Gasteiger partial charge in [-0.15, -0.1) is 0 Å². The molecule has 0 unspecified atom stereocenters. The minimum atomic E-state index is 0.594. The average Bonchev–Trinajstić information content (AvgIpc) is 2.86. The molecule has 0 amide bonds. The average molecular weight is 242 g/mol. The number of nitrogens with zero attached hydrogens (tertiary/aromatic N) is 1. The molecule has 4 nitrogen and oxygen atoms in total. The van der Waals surface area contributed by atoms with Crippen LogP contribution in [0.1, 0.15) is 17.7 Å². The molecule has 0 radical (unpaired) electrons. The summed E-state index contributed by atoms with van der Waals surface area (Å²) < 4.78 is 11.2. The van der Waals surface area contributed by atoms with Gasteiger partial charge in [-0.3, -0.25) is 4.98 Å². The topological polar surface area (TPSA) is 57.4 Å². The number of aryl methyl sites for hydroxylation is 1. The normalized spacial score (nSPS) is 16.9. The number of pyridine rings is 1. The highest BCUT2D eigenvalue weighted by molar-refractivity contribution is 5.94. The van der Waals surface area contributed by atoms with Crippen LogP contribution < -0.4 is 15.2 Å². The Hall–Kier alpha value is -1.97. The quantitative estimate of drug-likeness (QED) is 0.768. The smallest absolute Gasteiger partial charge is 0.163 e. The largest absolute Gasteiger partial charge is 0.486 e. The number of ether oxygens (including phenoxy) is 2. The second-order valence-corrected chi connectivity index (χ2v) is 4.82. The molecule has 4 heteroatoms. The summed E-state index contributed by atoms with van der Waals surface area (Å²) in [6.45, 7) is 1.19. The summed E-state index contributed by atoms with van der Waals surface area (Å²) in [4.78, 5) is 4.71. The van der Waals surface area contributed by atoms with E-state index in [1.807, 2.05) is 12.1 Å². The highest BCUT2D eigenvalue weighted by Crippen LogP contribution is 2.39. The Bertz CT molecular complexity index is 652. The standard InChI is InChI=1S/C14H14N2O2/c15-14-8-2-1-3-10(8)16-11-7-13-12(6-9(11)14)17-4-5-18-13/h6-7H,1-5H2,(H2,15,16). The van der Waals surface area contributed by atoms with Gasteiger partial charge in [-0.25, -0.2) is 0 Å². The predicted octanol–water partition coefficient (Wildman–Crippen LogP) is 2.08. The Kier molecular flexibility index (Phi) is 1.95. The van der Waals surface area contributed by atoms with E-state index in [2.05, 4.69) is 0 Å². The summed E-state index contributed by atoms with van der Waals surface area (Å²) in [6.07, 6.45) is 3.22. The van der Waals surface area contributed by atoms with Crippen molar-refractivity contribution < 1.29 is 9.47 Å². The third-order valence-corrected chi connectivity index (χ3v) is 3.72. The first kappa shape index (κ1) is 10.00. The van der Waals surface area contributed by atoms with Crippen molar-refractivity contribution in [3.63, 3.8) is 0 Å². The molecule has 1 aliphatic heterocycles. The van der Waals surface area contributed by atoms with E-state index in [9.17, 15) is 0 Å². The molecule has 1 aliphatic carbocycles. The van der Waals surface area contributed by atoms with Crippen LogP contribution in [0.25, 0.3) is 10.9 Å². The Morgan fingerprint density at radius 3 is 2.67 bits per heavy atom. The van der Waals surface area contributed by atoms with E-state index in [1.165, 1.54) is 5.56 Å². The fourth-order valence-electron chi connectivity index (χ4n) is 2.84. The molecule has 0 saturated heterocycles. The predicted molar refractivity (Wildman–Crippen MR) is 69.2 cm³/mol. The summed E-state index contributed by atoms with van der Waals surface area (Å²) in [7, 11) is 0. The molecule has 2 heterocycles. The lowest BCUT2D eigenvalue weighted by Crippen LogP contribution is -2.15. The van der Waals surface area contributed by atoms with Crippen molar-refractivity contribution in [3.8, 4) is 11.5 Å². The Morgan fingerprint density at radius 1 is 1.06 bits per heavy atom. The molecule has 0 spiro atoms. The number of rotatable bonds is 0. The monoisotopic (exact) mass is 242 g/mol. The zero-order chi connectivity index (χ0) is 12.1. The molecule has 18 heavy (non-hydrogen) atoms. The highest BCUT2D eigenvalue weighted by atomic mass is 16.6. The number of aromatic nitrogens is 1. The molecular formula is C14H14N2O2. The Morgan fingerprint density at radius 2 is 1.83 bits per heavy atom. The van der Waals surface area contributed by atoms with E-state index in [0.717, 1.165) is 53.0 Å². The van der Waals surface area contributed by atoms with Gasteiger partial charge in [-0.05, 0) is 30.9 Å². The van der Waals surface area contributed by atoms with Gasteiger partial charge in [0.05, 0.1) is 5.52 Å². The maximum Gasteiger partial charge on any atom is 0.163 e. The first-order chi connectivity index (χ1) is 8.83. The fourth-order valence-corrected chi connectivity index (χ4v) is 2.84. The minimum absolute atomic E-state index is 0.594. The molecule has 1 aromatic carbocycles. The summed E-state index contributed by atoms with van der Waals surface area (Å²) in [5, 5.41) is 0.986. The van der Waals surface area contributed by atoms with Crippen LogP contribution in [0.3, 0.4) is 0 Å². The Labute approximate surface area is 105 Å². The summed E-state index contributed by atoms with van der Waals surface area (Å²) in [5.41, 5.74) is 10.4. The van der Waals surface area contributed by atoms with Crippen LogP contribution in [0.15, 0.2) is 12.1 Å². The molecule has 2 aliphatic rings. The van der Waals surface area contributed by atoms with E-state index >= 15 is 0 Å². The first-order valence-electron chi connectivity index (χ1n) is 6.33. The van der Waals surface area contributed by atoms with Crippen LogP contribution in [-0.2, 0) is 12.8 Å². The van der Waals surface area contributed by atoms with Crippen molar-refractivity contribution in [1.82, 2.24) is 4.98 Å². The van der Waals surface area contributed by atoms with Crippen molar-refractivity contribution in [1.29, 1.82) is 0 Å². The summed E-state index contributed by atoms with van der Waals surface area (Å²) in [6, 6.07) is 3.91. The van der Waals surface area contributed by atoms with E-state index in [1.54, 1.807) is 0 Å². The zero-order valence-electron chi connectivity index (χ0n) is 10.0. The molecule has 2 N–H and O–H groups in total. The second-order valence-electron chi connectivity index (χ2n) is 4.82. The van der Waals surface area contributed by atoms with Gasteiger partial charge in [0.25, 0.3) is 0 Å². The number of nitrogens with two attached hydrogens (primary N) is 1. The second kappa shape index (κ2) is 3.51. The van der Waals surface area contributed by atoms with Crippen molar-refractivity contribution in [2.24, 2.45) is 0 Å². The maximum absolute atomic E-state index is 6.27. The van der Waals surface area contributed by atoms with Crippen molar-refractivity contribution in [2.75, 3.05) is 18.9 Å². The third-order valence-electron chi connectivity index (χ3n) is 3.72. The van der Waals surface area contributed by atoms with Crippen LogP contribution in [0.4, 0.5) is 5.69 Å². The summed E-state index contributed by atoms with van der Waals surface area (Å²) >= 11 is 0. The zero-order valence-corrected chi connectivity index (χ0v) is 10.0. The van der Waals surface area contributed by atoms with E-state index < -0.39 is 0 Å². The van der Waals surface area contributed by atoms with Crippen molar-refractivity contribution in [2.45, 2.75) is 19.3 Å². The fraction of sp³-hybridized carbons (Fsp3) is 0.357. The number of hydrogen-bond acceptors (Lipinski definition) is 4. The van der Waals surface area contributed by atoms with Gasteiger partial charge < -0.3 is 15.2 Å². The van der Waals surface area contributed by atoms with E-state index in [0.29, 0.717) is 13.2 Å². The van der Waals surface area contributed by atoms with Gasteiger partial charge >= 0.3 is 0 Å². The SMILES string of the molecule is Nc1c2c(nc3cc4c(cc13)OCCO4)CCC2. The molecule has 2 aromatic rings. The molecule has 1 aromatic heterocycles. The molecule has 0 bridgehead atoms. The lowest BCUT2D eigenvalue weighted by molar-refractivity contribution is 0.172. The van der Waals surface area contributed by atoms with Gasteiger partial charge in [0, 0.05) is 22.8 Å². The number of benzene rings is 1. The van der Waals surface area contributed by atoms with Gasteiger partial charge in [-0.2, -0.15) is 0 Å². The lowest BCUT2D eigenvalue weighted by atomic mass is 10.1. The van der Waals surface area contributed by atoms with Gasteiger partial charge in [0.15, 0.2) is 11.5 Å². The van der Waals surface area contributed by atoms with Gasteiger partial charge in [-0.1, -0.05) is 0 Å². The number of nitrogen functional groups attached to an aromatic ring is 1. The van der Waals surface area contributed by atoms with Crippen LogP contribution in [-0.4, -0.2) is 18.2 Å². The first-order valence-corrected chi connectivity index (χ1v) is 6.33. The van der Waals surface area contributed by atoms with Crippen molar-refractivity contribution in [3.05, 3.63) is 23.4 Å². The molecule has 0 atom stereocenters. The van der Waals surface area contributed by atoms with Crippen molar-refractivity contribution >= 4 is 16.6 Å². The van der Waals surface area contributed by atoms with Crippen LogP contribution >= 0.6 is 0 Å². The minimum Gasteiger partial charge on any atom is -0.486 e. The third kappa shape index (κ3) is 1.29. The molecular weight excluding hydrogens is 228 g/mol. The molecule has 0 saturated carbocycles. The molecule has 0 fully saturated rings. The van der Waals surface area contributed by atoms with Crippen LogP contribution in [0.2, 0.25) is 0 Å². The highest BCUT2D eigenvalue weighted by Gasteiger charge is 2.20. The summed E-state index contributed by atoms with van der Waals surface area (Å²) in [5.74, 6) is 1.55. The van der Waals surface area contributed by atoms with E-state index in [4.69, 9.17) is 20.2 Å². The van der Waals surface area contributed by atoms with Gasteiger partial charge in [0.2, 0.25) is 0 Å². The number of hydrogen-bond donors (Lipinski definition) is 1. The Balaban J connectivity index is 2.03. The van der Waals surface area contributed by atoms with E-state index in [-0.39, 0.29) is 0 Å². The van der Waals surface area contributed by atoms with Crippen LogP contribution in [0.5, 0.6) is 11.5 Å². The molecule has 4 rings (SSSR count). The maximum atomic E-state index is 6.27.